The zero-order chi connectivity index (χ0) is 20.8. The largest absolute Gasteiger partial charge is 0.456 e. The van der Waals surface area contributed by atoms with Crippen LogP contribution >= 0.6 is 0 Å². The molecule has 1 aromatic carbocycles. The molecule has 10 heteroatoms. The molecule has 0 saturated carbocycles. The van der Waals surface area contributed by atoms with E-state index in [0.717, 1.165) is 10.6 Å². The van der Waals surface area contributed by atoms with Crippen LogP contribution in [-0.4, -0.2) is 46.0 Å². The van der Waals surface area contributed by atoms with Crippen molar-refractivity contribution in [3.63, 3.8) is 0 Å². The highest BCUT2D eigenvalue weighted by Gasteiger charge is 2.65. The first-order valence-electron chi connectivity index (χ1n) is 8.95. The molecule has 0 aliphatic carbocycles. The summed E-state index contributed by atoms with van der Waals surface area (Å²) >= 11 is 0. The Morgan fingerprint density at radius 2 is 1.90 bits per heavy atom. The number of nitrogens with one attached hydrogen (secondary N) is 1. The summed E-state index contributed by atoms with van der Waals surface area (Å²) in [6, 6.07) is 9.21. The number of alkyl halides is 1. The fourth-order valence-electron chi connectivity index (χ4n) is 3.45. The maximum atomic E-state index is 15.7. The van der Waals surface area contributed by atoms with Gasteiger partial charge in [0.25, 0.3) is 11.4 Å². The maximum Gasteiger partial charge on any atom is 0.338 e. The second-order valence-corrected chi connectivity index (χ2v) is 7.27. The predicted octanol–water partition coefficient (Wildman–Crippen LogP) is 1.11. The highest BCUT2D eigenvalue weighted by Crippen LogP contribution is 2.48. The van der Waals surface area contributed by atoms with E-state index < -0.39 is 53.9 Å². The van der Waals surface area contributed by atoms with Crippen LogP contribution in [0.3, 0.4) is 0 Å². The van der Waals surface area contributed by atoms with E-state index in [4.69, 9.17) is 18.9 Å². The quantitative estimate of drug-likeness (QED) is 0.758. The van der Waals surface area contributed by atoms with E-state index in [1.54, 1.807) is 32.0 Å². The number of aromatic amines is 1. The normalized spacial score (nSPS) is 30.1. The second kappa shape index (κ2) is 6.90. The van der Waals surface area contributed by atoms with Gasteiger partial charge in [-0.05, 0) is 26.0 Å². The van der Waals surface area contributed by atoms with Crippen molar-refractivity contribution in [2.24, 2.45) is 0 Å². The number of nitrogens with zero attached hydrogens (tertiary/aromatic N) is 1. The van der Waals surface area contributed by atoms with Crippen LogP contribution in [0, 0.1) is 0 Å². The highest BCUT2D eigenvalue weighted by molar-refractivity contribution is 5.89. The average molecular weight is 406 g/mol. The van der Waals surface area contributed by atoms with E-state index >= 15 is 4.39 Å². The summed E-state index contributed by atoms with van der Waals surface area (Å²) in [4.78, 5) is 37.8. The lowest BCUT2D eigenvalue weighted by molar-refractivity contribution is -0.265. The van der Waals surface area contributed by atoms with Gasteiger partial charge in [-0.15, -0.1) is 0 Å². The zero-order valence-electron chi connectivity index (χ0n) is 15.7. The lowest BCUT2D eigenvalue weighted by Gasteiger charge is -2.28. The minimum absolute atomic E-state index is 0.253. The van der Waals surface area contributed by atoms with Crippen LogP contribution in [-0.2, 0) is 18.9 Å². The molecule has 2 aromatic rings. The summed E-state index contributed by atoms with van der Waals surface area (Å²) in [5.41, 5.74) is -1.14. The first-order chi connectivity index (χ1) is 13.7. The van der Waals surface area contributed by atoms with Gasteiger partial charge in [0.2, 0.25) is 0 Å². The summed E-state index contributed by atoms with van der Waals surface area (Å²) in [6.07, 6.45) is -2.32. The predicted molar refractivity (Wildman–Crippen MR) is 95.8 cm³/mol. The van der Waals surface area contributed by atoms with E-state index in [-0.39, 0.29) is 5.56 Å². The van der Waals surface area contributed by atoms with Gasteiger partial charge in [-0.1, -0.05) is 18.2 Å². The highest BCUT2D eigenvalue weighted by atomic mass is 19.2. The molecule has 3 heterocycles. The molecule has 2 fully saturated rings. The van der Waals surface area contributed by atoms with Gasteiger partial charge in [0.1, 0.15) is 6.10 Å². The Labute approximate surface area is 164 Å². The standard InChI is InChI=1S/C19H19FN2O7/c1-18(2)27-13-14(28-18)19(20,10-26-16(24)11-6-4-3-5-7-11)29-15(13)22-9-8-12(23)21-17(22)25/h3-9,13-15H,10H2,1-2H3,(H,21,23,25). The van der Waals surface area contributed by atoms with Crippen molar-refractivity contribution in [1.82, 2.24) is 9.55 Å². The SMILES string of the molecule is CC1(C)OC2C(n3ccc(=O)[nH]c3=O)OC(F)(COC(=O)c3ccccc3)C2O1. The van der Waals surface area contributed by atoms with Crippen molar-refractivity contribution in [3.8, 4) is 0 Å². The summed E-state index contributed by atoms with van der Waals surface area (Å²) in [5, 5.41) is 0. The van der Waals surface area contributed by atoms with Gasteiger partial charge in [0.15, 0.2) is 24.7 Å². The van der Waals surface area contributed by atoms with Crippen LogP contribution in [0.4, 0.5) is 4.39 Å². The number of carbonyl (C=O) groups is 1. The molecule has 2 aliphatic rings. The first kappa shape index (κ1) is 19.5. The molecule has 0 amide bonds. The van der Waals surface area contributed by atoms with Gasteiger partial charge in [0.05, 0.1) is 5.56 Å². The number of carbonyl (C=O) groups excluding carboxylic acids is 1. The smallest absolute Gasteiger partial charge is 0.338 e. The Balaban J connectivity index is 1.60. The number of H-pyrrole nitrogens is 1. The molecular formula is C19H19FN2O7. The molecule has 0 spiro atoms. The minimum atomic E-state index is -2.57. The third-order valence-corrected chi connectivity index (χ3v) is 4.69. The van der Waals surface area contributed by atoms with E-state index in [1.807, 2.05) is 0 Å². The van der Waals surface area contributed by atoms with Gasteiger partial charge in [-0.2, -0.15) is 0 Å². The third-order valence-electron chi connectivity index (χ3n) is 4.69. The van der Waals surface area contributed by atoms with E-state index in [9.17, 15) is 14.4 Å². The lowest BCUT2D eigenvalue weighted by atomic mass is 10.1. The fraction of sp³-hybridized carbons (Fsp3) is 0.421. The number of halogens is 1. The van der Waals surface area contributed by atoms with Crippen molar-refractivity contribution in [2.45, 2.75) is 43.9 Å². The topological polar surface area (TPSA) is 109 Å². The van der Waals surface area contributed by atoms with Gasteiger partial charge in [-0.25, -0.2) is 14.0 Å². The summed E-state index contributed by atoms with van der Waals surface area (Å²) in [7, 11) is 0. The van der Waals surface area contributed by atoms with Crippen molar-refractivity contribution in [1.29, 1.82) is 0 Å². The number of rotatable bonds is 4. The average Bonchev–Trinajstić information content (AvgIpc) is 3.13. The van der Waals surface area contributed by atoms with E-state index in [2.05, 4.69) is 4.98 Å². The molecule has 0 radical (unpaired) electrons. The zero-order valence-corrected chi connectivity index (χ0v) is 15.7. The summed E-state index contributed by atoms with van der Waals surface area (Å²) in [6.45, 7) is 2.42. The Bertz CT molecular complexity index is 1030. The van der Waals surface area contributed by atoms with Crippen LogP contribution in [0.5, 0.6) is 0 Å². The van der Waals surface area contributed by atoms with Crippen LogP contribution in [0.25, 0.3) is 0 Å². The van der Waals surface area contributed by atoms with Gasteiger partial charge >= 0.3 is 11.7 Å². The number of aromatic nitrogens is 2. The van der Waals surface area contributed by atoms with Crippen LogP contribution < -0.4 is 11.2 Å². The molecule has 4 unspecified atom stereocenters. The Morgan fingerprint density at radius 3 is 2.59 bits per heavy atom. The van der Waals surface area contributed by atoms with E-state index in [1.165, 1.54) is 18.3 Å². The monoisotopic (exact) mass is 406 g/mol. The molecule has 1 aromatic heterocycles. The van der Waals surface area contributed by atoms with Crippen molar-refractivity contribution in [3.05, 3.63) is 69.0 Å². The number of hydrogen-bond donors (Lipinski definition) is 1. The van der Waals surface area contributed by atoms with Gasteiger partial charge in [0, 0.05) is 12.3 Å². The third kappa shape index (κ3) is 3.61. The molecule has 29 heavy (non-hydrogen) atoms. The van der Waals surface area contributed by atoms with Crippen molar-refractivity contribution in [2.75, 3.05) is 6.61 Å². The fourth-order valence-corrected chi connectivity index (χ4v) is 3.45. The molecule has 4 rings (SSSR count). The number of fused-ring (bicyclic) bond motifs is 1. The molecule has 0 bridgehead atoms. The summed E-state index contributed by atoms with van der Waals surface area (Å²) in [5.74, 6) is -4.45. The first-order valence-corrected chi connectivity index (χ1v) is 8.95. The molecular weight excluding hydrogens is 387 g/mol. The Kier molecular flexibility index (Phi) is 4.64. The van der Waals surface area contributed by atoms with Crippen LogP contribution in [0.2, 0.25) is 0 Å². The second-order valence-electron chi connectivity index (χ2n) is 7.27. The number of esters is 1. The van der Waals surface area contributed by atoms with Gasteiger partial charge < -0.3 is 18.9 Å². The van der Waals surface area contributed by atoms with Crippen LogP contribution in [0.15, 0.2) is 52.2 Å². The van der Waals surface area contributed by atoms with Crippen molar-refractivity contribution < 1.29 is 28.1 Å². The summed E-state index contributed by atoms with van der Waals surface area (Å²) < 4.78 is 38.7. The number of ether oxygens (including phenoxy) is 4. The lowest BCUT2D eigenvalue weighted by Crippen LogP contribution is -2.43. The number of hydrogen-bond acceptors (Lipinski definition) is 7. The van der Waals surface area contributed by atoms with Crippen molar-refractivity contribution >= 4 is 5.97 Å². The molecule has 154 valence electrons. The molecule has 4 atom stereocenters. The van der Waals surface area contributed by atoms with Gasteiger partial charge in [-0.3, -0.25) is 14.3 Å². The molecule has 9 nitrogen and oxygen atoms in total. The van der Waals surface area contributed by atoms with Crippen LogP contribution in [0.1, 0.15) is 30.4 Å². The van der Waals surface area contributed by atoms with E-state index in [0.29, 0.717) is 0 Å². The maximum absolute atomic E-state index is 15.7. The molecule has 2 saturated heterocycles. The molecule has 2 aliphatic heterocycles. The Hall–Kier alpha value is -2.82. The molecule has 1 N–H and O–H groups in total. The Morgan fingerprint density at radius 1 is 1.17 bits per heavy atom. The number of benzene rings is 1. The minimum Gasteiger partial charge on any atom is -0.456 e.